The summed E-state index contributed by atoms with van der Waals surface area (Å²) in [6.45, 7) is 23.6. The molecule has 4 heteroatoms. The Bertz CT molecular complexity index is 3540. The second-order valence-corrected chi connectivity index (χ2v) is 22.5. The van der Waals surface area contributed by atoms with Gasteiger partial charge in [0.05, 0.1) is 12.0 Å². The molecule has 0 spiro atoms. The standard InChI is InChI=1S/C68H64O4/c1-10-16-59(72-61(70)12-3)68(33-14-13-15-34-71-60(69)11-2)57-39-43(51-27-21-41-17-19-45-35-49(66(4,5)6)37-47-25-31-55(51)64(41)62(45)47)23-29-53(57)54-30-24-44(40-58(54)68)52-28-22-42-18-20-46-36-50(67(7,8)9)38-48-26-32-56(52)65(42)63(46)48/h11-12,17-32,35-40,59H,2-3,10,13-16,33-34H2,1,4-9H3. The molecule has 11 rings (SSSR count). The fraction of sp³-hybridized carbons (Fsp3) is 0.265. The van der Waals surface area contributed by atoms with Gasteiger partial charge in [0.2, 0.25) is 0 Å². The predicted molar refractivity (Wildman–Crippen MR) is 303 cm³/mol. The molecule has 0 N–H and O–H groups in total. The summed E-state index contributed by atoms with van der Waals surface area (Å²) in [6, 6.07) is 51.0. The van der Waals surface area contributed by atoms with Gasteiger partial charge in [0, 0.05) is 12.2 Å². The second-order valence-electron chi connectivity index (χ2n) is 22.5. The smallest absolute Gasteiger partial charge is 0.330 e. The Balaban J connectivity index is 1.11. The van der Waals surface area contributed by atoms with Crippen molar-refractivity contribution in [2.45, 2.75) is 109 Å². The molecule has 1 atom stereocenters. The lowest BCUT2D eigenvalue weighted by Gasteiger charge is -2.40. The highest BCUT2D eigenvalue weighted by atomic mass is 16.5. The van der Waals surface area contributed by atoms with Gasteiger partial charge < -0.3 is 9.47 Å². The molecule has 1 aliphatic rings. The Hall–Kier alpha value is -7.30. The van der Waals surface area contributed by atoms with E-state index in [2.05, 4.69) is 195 Å². The van der Waals surface area contributed by atoms with E-state index in [0.717, 1.165) is 41.5 Å². The third-order valence-electron chi connectivity index (χ3n) is 16.0. The van der Waals surface area contributed by atoms with Crippen molar-refractivity contribution in [3.05, 3.63) is 181 Å². The average molecular weight is 945 g/mol. The highest BCUT2D eigenvalue weighted by molar-refractivity contribution is 6.27. The van der Waals surface area contributed by atoms with Crippen LogP contribution in [0.15, 0.2) is 159 Å². The van der Waals surface area contributed by atoms with E-state index < -0.39 is 23.5 Å². The van der Waals surface area contributed by atoms with Gasteiger partial charge in [0.25, 0.3) is 0 Å². The topological polar surface area (TPSA) is 52.6 Å². The van der Waals surface area contributed by atoms with Crippen LogP contribution in [-0.2, 0) is 35.3 Å². The fourth-order valence-corrected chi connectivity index (χ4v) is 12.3. The van der Waals surface area contributed by atoms with Crippen molar-refractivity contribution in [1.29, 1.82) is 0 Å². The van der Waals surface area contributed by atoms with E-state index in [9.17, 15) is 9.59 Å². The molecule has 1 aliphatic carbocycles. The number of hydrogen-bond donors (Lipinski definition) is 0. The van der Waals surface area contributed by atoms with Crippen LogP contribution in [0.25, 0.3) is 98.0 Å². The van der Waals surface area contributed by atoms with Crippen LogP contribution >= 0.6 is 0 Å². The minimum Gasteiger partial charge on any atom is -0.463 e. The van der Waals surface area contributed by atoms with E-state index in [0.29, 0.717) is 25.9 Å². The minimum absolute atomic E-state index is 0.0253. The lowest BCUT2D eigenvalue weighted by Crippen LogP contribution is -2.42. The average Bonchev–Trinajstić information content (AvgIpc) is 3.65. The maximum absolute atomic E-state index is 13.7. The first kappa shape index (κ1) is 47.0. The molecule has 0 heterocycles. The van der Waals surface area contributed by atoms with Crippen molar-refractivity contribution >= 4 is 76.6 Å². The first-order valence-corrected chi connectivity index (χ1v) is 26.0. The Morgan fingerprint density at radius 1 is 0.514 bits per heavy atom. The van der Waals surface area contributed by atoms with Gasteiger partial charge in [-0.3, -0.25) is 0 Å². The molecule has 0 radical (unpaired) electrons. The Morgan fingerprint density at radius 3 is 1.39 bits per heavy atom. The molecule has 0 saturated carbocycles. The molecular formula is C68H64O4. The first-order chi connectivity index (χ1) is 34.6. The molecule has 4 nitrogen and oxygen atoms in total. The first-order valence-electron chi connectivity index (χ1n) is 26.0. The maximum atomic E-state index is 13.7. The number of rotatable bonds is 14. The van der Waals surface area contributed by atoms with Crippen LogP contribution in [-0.4, -0.2) is 24.6 Å². The summed E-state index contributed by atoms with van der Waals surface area (Å²) in [5, 5.41) is 15.1. The summed E-state index contributed by atoms with van der Waals surface area (Å²) >= 11 is 0. The third kappa shape index (κ3) is 7.73. The van der Waals surface area contributed by atoms with Crippen molar-refractivity contribution in [1.82, 2.24) is 0 Å². The Labute approximate surface area is 424 Å². The van der Waals surface area contributed by atoms with E-state index >= 15 is 0 Å². The summed E-state index contributed by atoms with van der Waals surface area (Å²) in [5.74, 6) is -0.832. The molecule has 0 aliphatic heterocycles. The summed E-state index contributed by atoms with van der Waals surface area (Å²) in [4.78, 5) is 25.7. The Morgan fingerprint density at radius 2 is 0.944 bits per heavy atom. The molecule has 1 unspecified atom stereocenters. The van der Waals surface area contributed by atoms with Crippen molar-refractivity contribution in [3.8, 4) is 33.4 Å². The normalized spacial score (nSPS) is 13.9. The molecule has 0 saturated heterocycles. The Kier molecular flexibility index (Phi) is 11.6. The van der Waals surface area contributed by atoms with E-state index in [4.69, 9.17) is 9.47 Å². The quantitative estimate of drug-likeness (QED) is 0.0472. The molecule has 0 bridgehead atoms. The van der Waals surface area contributed by atoms with Crippen molar-refractivity contribution in [3.63, 3.8) is 0 Å². The zero-order valence-electron chi connectivity index (χ0n) is 42.9. The van der Waals surface area contributed by atoms with E-state index in [1.54, 1.807) is 0 Å². The number of hydrogen-bond acceptors (Lipinski definition) is 4. The van der Waals surface area contributed by atoms with Gasteiger partial charge in [0.15, 0.2) is 0 Å². The molecule has 10 aromatic rings. The van der Waals surface area contributed by atoms with E-state index in [1.807, 2.05) is 0 Å². The number of carbonyl (C=O) groups is 2. The molecule has 0 fully saturated rings. The van der Waals surface area contributed by atoms with Crippen LogP contribution in [0.3, 0.4) is 0 Å². The molecule has 0 amide bonds. The lowest BCUT2D eigenvalue weighted by atomic mass is 9.68. The number of unbranched alkanes of at least 4 members (excludes halogenated alkanes) is 2. The number of benzene rings is 10. The highest BCUT2D eigenvalue weighted by Gasteiger charge is 2.50. The SMILES string of the molecule is C=CC(=O)OCCCCCC1(C(CCC)OC(=O)C=C)c2cc(-c3ccc4ccc5cc(C(C)(C)C)cc6ccc3c4c56)ccc2-c2ccc(-c3ccc4ccc5cc(C(C)(C)C)cc6ccc3c4c56)cc21. The number of esters is 2. The number of ether oxygens (including phenoxy) is 2. The molecule has 10 aromatic carbocycles. The predicted octanol–water partition coefficient (Wildman–Crippen LogP) is 17.9. The summed E-state index contributed by atoms with van der Waals surface area (Å²) in [7, 11) is 0. The molecular weight excluding hydrogens is 881 g/mol. The number of fused-ring (bicyclic) bond motifs is 3. The van der Waals surface area contributed by atoms with Crippen LogP contribution < -0.4 is 0 Å². The van der Waals surface area contributed by atoms with Gasteiger partial charge in [-0.05, 0) is 162 Å². The molecule has 360 valence electrons. The van der Waals surface area contributed by atoms with Crippen molar-refractivity contribution in [2.24, 2.45) is 0 Å². The second kappa shape index (κ2) is 17.8. The van der Waals surface area contributed by atoms with Crippen molar-refractivity contribution in [2.75, 3.05) is 6.61 Å². The van der Waals surface area contributed by atoms with Crippen LogP contribution in [0.4, 0.5) is 0 Å². The van der Waals surface area contributed by atoms with Gasteiger partial charge in [-0.25, -0.2) is 9.59 Å². The van der Waals surface area contributed by atoms with Gasteiger partial charge in [-0.2, -0.15) is 0 Å². The van der Waals surface area contributed by atoms with Crippen molar-refractivity contribution < 1.29 is 19.1 Å². The zero-order valence-corrected chi connectivity index (χ0v) is 42.9. The maximum Gasteiger partial charge on any atom is 0.330 e. The van der Waals surface area contributed by atoms with E-state index in [1.165, 1.54) is 110 Å². The fourth-order valence-electron chi connectivity index (χ4n) is 12.3. The highest BCUT2D eigenvalue weighted by Crippen LogP contribution is 2.57. The van der Waals surface area contributed by atoms with Crippen LogP contribution in [0.1, 0.15) is 109 Å². The monoisotopic (exact) mass is 944 g/mol. The van der Waals surface area contributed by atoms with Gasteiger partial charge in [-0.1, -0.05) is 202 Å². The van der Waals surface area contributed by atoms with Gasteiger partial charge in [-0.15, -0.1) is 0 Å². The summed E-state index contributed by atoms with van der Waals surface area (Å²) in [5.41, 5.74) is 11.3. The summed E-state index contributed by atoms with van der Waals surface area (Å²) in [6.07, 6.45) is 6.57. The van der Waals surface area contributed by atoms with Gasteiger partial charge in [0.1, 0.15) is 6.10 Å². The summed E-state index contributed by atoms with van der Waals surface area (Å²) < 4.78 is 12.1. The van der Waals surface area contributed by atoms with Crippen LogP contribution in [0.2, 0.25) is 0 Å². The van der Waals surface area contributed by atoms with Gasteiger partial charge >= 0.3 is 11.9 Å². The van der Waals surface area contributed by atoms with E-state index in [-0.39, 0.29) is 10.8 Å². The lowest BCUT2D eigenvalue weighted by molar-refractivity contribution is -0.146. The number of carbonyl (C=O) groups excluding carboxylic acids is 2. The molecule has 72 heavy (non-hydrogen) atoms. The van der Waals surface area contributed by atoms with Crippen LogP contribution in [0.5, 0.6) is 0 Å². The zero-order chi connectivity index (χ0) is 50.3. The molecule has 0 aromatic heterocycles. The largest absolute Gasteiger partial charge is 0.463 e. The van der Waals surface area contributed by atoms with Crippen LogP contribution in [0, 0.1) is 0 Å². The third-order valence-corrected chi connectivity index (χ3v) is 16.0. The minimum atomic E-state index is -0.719.